The van der Waals surface area contributed by atoms with E-state index < -0.39 is 0 Å². The molecule has 2 aromatic rings. The average molecular weight is 215 g/mol. The number of fused-ring (bicyclic) bond motifs is 1. The first-order chi connectivity index (χ1) is 7.75. The maximum absolute atomic E-state index is 11.8. The second-order valence-electron chi connectivity index (χ2n) is 4.22. The van der Waals surface area contributed by atoms with Crippen molar-refractivity contribution >= 4 is 11.5 Å². The second-order valence-corrected chi connectivity index (χ2v) is 4.22. The molecule has 0 bridgehead atoms. The molecule has 0 saturated heterocycles. The fourth-order valence-electron chi connectivity index (χ4n) is 1.87. The van der Waals surface area contributed by atoms with Crippen LogP contribution in [0.4, 0.5) is 5.82 Å². The van der Waals surface area contributed by atoms with Gasteiger partial charge in [-0.1, -0.05) is 6.07 Å². The van der Waals surface area contributed by atoms with Gasteiger partial charge in [-0.3, -0.25) is 9.20 Å². The molecule has 0 spiro atoms. The molecule has 16 heavy (non-hydrogen) atoms. The summed E-state index contributed by atoms with van der Waals surface area (Å²) in [5.74, 6) is 0.777. The van der Waals surface area contributed by atoms with Crippen molar-refractivity contribution in [1.29, 1.82) is 0 Å². The van der Waals surface area contributed by atoms with Gasteiger partial charge in [-0.25, -0.2) is 4.98 Å². The zero-order valence-electron chi connectivity index (χ0n) is 9.13. The van der Waals surface area contributed by atoms with Crippen LogP contribution in [0.2, 0.25) is 0 Å². The van der Waals surface area contributed by atoms with Crippen LogP contribution in [0.5, 0.6) is 0 Å². The smallest absolute Gasteiger partial charge is 0.259 e. The molecular formula is C12H13N3O. The first-order valence-corrected chi connectivity index (χ1v) is 5.47. The average Bonchev–Trinajstić information content (AvgIpc) is 3.12. The first kappa shape index (κ1) is 9.39. The van der Waals surface area contributed by atoms with Crippen LogP contribution in [0.3, 0.4) is 0 Å². The van der Waals surface area contributed by atoms with Crippen molar-refractivity contribution in [3.05, 3.63) is 40.8 Å². The number of rotatable bonds is 2. The third-order valence-corrected chi connectivity index (χ3v) is 3.01. The molecule has 1 fully saturated rings. The van der Waals surface area contributed by atoms with E-state index in [4.69, 9.17) is 0 Å². The predicted octanol–water partition coefficient (Wildman–Crippen LogP) is 1.29. The highest BCUT2D eigenvalue weighted by atomic mass is 16.1. The van der Waals surface area contributed by atoms with E-state index in [2.05, 4.69) is 9.88 Å². The van der Waals surface area contributed by atoms with Crippen molar-refractivity contribution in [3.8, 4) is 0 Å². The van der Waals surface area contributed by atoms with Gasteiger partial charge in [0.1, 0.15) is 11.5 Å². The van der Waals surface area contributed by atoms with E-state index in [9.17, 15) is 4.79 Å². The molecule has 0 radical (unpaired) electrons. The van der Waals surface area contributed by atoms with Gasteiger partial charge in [0.2, 0.25) is 0 Å². The van der Waals surface area contributed by atoms with Gasteiger partial charge in [0.05, 0.1) is 0 Å². The SMILES string of the molecule is CN(c1cc(=O)n2ccccc2n1)C1CC1. The summed E-state index contributed by atoms with van der Waals surface area (Å²) in [6, 6.07) is 7.75. The summed E-state index contributed by atoms with van der Waals surface area (Å²) < 4.78 is 1.56. The molecular weight excluding hydrogens is 202 g/mol. The Hall–Kier alpha value is -1.84. The lowest BCUT2D eigenvalue weighted by molar-refractivity contribution is 0.882. The Kier molecular flexibility index (Phi) is 1.96. The molecule has 0 aliphatic heterocycles. The molecule has 0 aromatic carbocycles. The summed E-state index contributed by atoms with van der Waals surface area (Å²) in [4.78, 5) is 18.4. The van der Waals surface area contributed by atoms with Crippen LogP contribution < -0.4 is 10.5 Å². The molecule has 1 saturated carbocycles. The number of hydrogen-bond acceptors (Lipinski definition) is 3. The largest absolute Gasteiger partial charge is 0.356 e. The van der Waals surface area contributed by atoms with Crippen LogP contribution in [-0.4, -0.2) is 22.5 Å². The molecule has 0 unspecified atom stereocenters. The Bertz CT molecular complexity index is 586. The monoisotopic (exact) mass is 215 g/mol. The lowest BCUT2D eigenvalue weighted by atomic mass is 10.4. The van der Waals surface area contributed by atoms with Gasteiger partial charge in [0.15, 0.2) is 0 Å². The van der Waals surface area contributed by atoms with Crippen LogP contribution in [-0.2, 0) is 0 Å². The zero-order valence-corrected chi connectivity index (χ0v) is 9.13. The van der Waals surface area contributed by atoms with Gasteiger partial charge >= 0.3 is 0 Å². The first-order valence-electron chi connectivity index (χ1n) is 5.47. The van der Waals surface area contributed by atoms with Gasteiger partial charge in [-0.05, 0) is 25.0 Å². The summed E-state index contributed by atoms with van der Waals surface area (Å²) in [5, 5.41) is 0. The summed E-state index contributed by atoms with van der Waals surface area (Å²) >= 11 is 0. The lowest BCUT2D eigenvalue weighted by Gasteiger charge is -2.17. The maximum atomic E-state index is 11.8. The molecule has 2 aromatic heterocycles. The topological polar surface area (TPSA) is 37.6 Å². The van der Waals surface area contributed by atoms with Crippen molar-refractivity contribution < 1.29 is 0 Å². The molecule has 82 valence electrons. The van der Waals surface area contributed by atoms with Crippen LogP contribution in [0.15, 0.2) is 35.3 Å². The quantitative estimate of drug-likeness (QED) is 0.757. The Balaban J connectivity index is 2.16. The normalized spacial score (nSPS) is 15.3. The Morgan fingerprint density at radius 1 is 1.44 bits per heavy atom. The third kappa shape index (κ3) is 1.46. The Morgan fingerprint density at radius 3 is 3.00 bits per heavy atom. The summed E-state index contributed by atoms with van der Waals surface area (Å²) in [6.07, 6.45) is 4.14. The van der Waals surface area contributed by atoms with Gasteiger partial charge in [0, 0.05) is 25.4 Å². The summed E-state index contributed by atoms with van der Waals surface area (Å²) in [7, 11) is 2.00. The van der Waals surface area contributed by atoms with Crippen molar-refractivity contribution in [2.24, 2.45) is 0 Å². The minimum absolute atomic E-state index is 0.0203. The third-order valence-electron chi connectivity index (χ3n) is 3.01. The van der Waals surface area contributed by atoms with Crippen LogP contribution >= 0.6 is 0 Å². The number of aromatic nitrogens is 2. The summed E-state index contributed by atoms with van der Waals surface area (Å²) in [5.41, 5.74) is 0.686. The van der Waals surface area contributed by atoms with Crippen molar-refractivity contribution in [1.82, 2.24) is 9.38 Å². The number of hydrogen-bond donors (Lipinski definition) is 0. The zero-order chi connectivity index (χ0) is 11.1. The van der Waals surface area contributed by atoms with E-state index >= 15 is 0 Å². The highest BCUT2D eigenvalue weighted by Crippen LogP contribution is 2.28. The standard InChI is InChI=1S/C12H13N3O/c1-14(9-5-6-9)11-8-12(16)15-7-3-2-4-10(15)13-11/h2-4,7-9H,5-6H2,1H3. The minimum Gasteiger partial charge on any atom is -0.356 e. The maximum Gasteiger partial charge on any atom is 0.259 e. The fourth-order valence-corrected chi connectivity index (χ4v) is 1.87. The predicted molar refractivity (Wildman–Crippen MR) is 62.9 cm³/mol. The van der Waals surface area contributed by atoms with E-state index in [0.29, 0.717) is 11.7 Å². The van der Waals surface area contributed by atoms with Crippen molar-refractivity contribution in [3.63, 3.8) is 0 Å². The minimum atomic E-state index is -0.0203. The number of anilines is 1. The van der Waals surface area contributed by atoms with E-state index in [1.807, 2.05) is 25.2 Å². The lowest BCUT2D eigenvalue weighted by Crippen LogP contribution is -2.24. The van der Waals surface area contributed by atoms with Crippen LogP contribution in [0.1, 0.15) is 12.8 Å². The van der Waals surface area contributed by atoms with E-state index in [1.54, 1.807) is 16.7 Å². The Labute approximate surface area is 93.2 Å². The van der Waals surface area contributed by atoms with Crippen LogP contribution in [0, 0.1) is 0 Å². The molecule has 2 heterocycles. The van der Waals surface area contributed by atoms with E-state index in [-0.39, 0.29) is 5.56 Å². The van der Waals surface area contributed by atoms with Gasteiger partial charge in [0.25, 0.3) is 5.56 Å². The molecule has 0 N–H and O–H groups in total. The number of pyridine rings is 1. The van der Waals surface area contributed by atoms with Gasteiger partial charge in [-0.15, -0.1) is 0 Å². The van der Waals surface area contributed by atoms with Crippen molar-refractivity contribution in [2.75, 3.05) is 11.9 Å². The van der Waals surface area contributed by atoms with E-state index in [0.717, 1.165) is 5.82 Å². The Morgan fingerprint density at radius 2 is 2.25 bits per heavy atom. The van der Waals surface area contributed by atoms with Gasteiger partial charge < -0.3 is 4.90 Å². The van der Waals surface area contributed by atoms with Crippen LogP contribution in [0.25, 0.3) is 5.65 Å². The molecule has 3 rings (SSSR count). The van der Waals surface area contributed by atoms with Crippen molar-refractivity contribution in [2.45, 2.75) is 18.9 Å². The molecule has 1 aliphatic rings. The molecule has 4 heteroatoms. The summed E-state index contributed by atoms with van der Waals surface area (Å²) in [6.45, 7) is 0. The molecule has 0 atom stereocenters. The second kappa shape index (κ2) is 3.33. The highest BCUT2D eigenvalue weighted by molar-refractivity contribution is 5.48. The molecule has 1 aliphatic carbocycles. The fraction of sp³-hybridized carbons (Fsp3) is 0.333. The van der Waals surface area contributed by atoms with E-state index in [1.165, 1.54) is 12.8 Å². The number of nitrogens with zero attached hydrogens (tertiary/aromatic N) is 3. The highest BCUT2D eigenvalue weighted by Gasteiger charge is 2.27. The van der Waals surface area contributed by atoms with Gasteiger partial charge in [-0.2, -0.15) is 0 Å². The molecule has 0 amide bonds. The molecule has 4 nitrogen and oxygen atoms in total.